The molecule has 0 aromatic carbocycles. The van der Waals surface area contributed by atoms with E-state index in [2.05, 4.69) is 8.83 Å². The van der Waals surface area contributed by atoms with Crippen LogP contribution in [0.4, 0.5) is 0 Å². The van der Waals surface area contributed by atoms with Crippen molar-refractivity contribution >= 4 is 17.9 Å². The number of carbonyl (C=O) groups is 3. The van der Waals surface area contributed by atoms with Crippen molar-refractivity contribution in [3.63, 3.8) is 0 Å². The molecule has 1 rings (SSSR count). The van der Waals surface area contributed by atoms with Crippen molar-refractivity contribution in [1.29, 1.82) is 0 Å². The van der Waals surface area contributed by atoms with Gasteiger partial charge in [0.15, 0.2) is 18.1 Å². The Morgan fingerprint density at radius 1 is 0.867 bits per heavy atom. The number of hydrogen-bond donors (Lipinski definition) is 0. The number of carbonyl (C=O) groups excluding carboxylic acids is 3. The summed E-state index contributed by atoms with van der Waals surface area (Å²) in [6, 6.07) is 0. The predicted octanol–water partition coefficient (Wildman–Crippen LogP) is 3.75. The Hall–Kier alpha value is -2.58. The number of ether oxygens (including phenoxy) is 3. The number of esters is 3. The fourth-order valence-electron chi connectivity index (χ4n) is 1.51. The van der Waals surface area contributed by atoms with Gasteiger partial charge in [-0.15, -0.1) is 0 Å². The van der Waals surface area contributed by atoms with Gasteiger partial charge in [-0.2, -0.15) is 0 Å². The van der Waals surface area contributed by atoms with E-state index in [1.165, 1.54) is 6.92 Å². The highest BCUT2D eigenvalue weighted by Gasteiger charge is 2.26. The van der Waals surface area contributed by atoms with E-state index in [0.717, 1.165) is 0 Å². The van der Waals surface area contributed by atoms with Gasteiger partial charge in [0, 0.05) is 6.92 Å². The highest BCUT2D eigenvalue weighted by atomic mass is 16.7. The quantitative estimate of drug-likeness (QED) is 0.507. The third kappa shape index (κ3) is 10.3. The first kappa shape index (κ1) is 27.4. The zero-order valence-corrected chi connectivity index (χ0v) is 19.5. The third-order valence-electron chi connectivity index (χ3n) is 3.42. The molecule has 0 aliphatic carbocycles. The van der Waals surface area contributed by atoms with Crippen LogP contribution in [0.15, 0.2) is 13.6 Å². The van der Waals surface area contributed by atoms with Crippen LogP contribution in [0.5, 0.6) is 0 Å². The van der Waals surface area contributed by atoms with Gasteiger partial charge < -0.3 is 23.0 Å². The topological polar surface area (TPSA) is 122 Å². The van der Waals surface area contributed by atoms with Gasteiger partial charge in [0.1, 0.15) is 0 Å². The molecule has 1 aromatic rings. The van der Waals surface area contributed by atoms with Crippen molar-refractivity contribution in [2.24, 2.45) is 16.7 Å². The second kappa shape index (κ2) is 11.0. The summed E-state index contributed by atoms with van der Waals surface area (Å²) in [6.45, 7) is 16.9. The van der Waals surface area contributed by atoms with E-state index >= 15 is 0 Å². The van der Waals surface area contributed by atoms with Crippen LogP contribution >= 0.6 is 0 Å². The first-order chi connectivity index (χ1) is 13.4. The third-order valence-corrected chi connectivity index (χ3v) is 3.42. The molecule has 1 atom stereocenters. The van der Waals surface area contributed by atoms with Crippen molar-refractivity contribution < 1.29 is 37.4 Å². The van der Waals surface area contributed by atoms with Crippen molar-refractivity contribution in [2.45, 2.75) is 82.1 Å². The summed E-state index contributed by atoms with van der Waals surface area (Å²) in [5.41, 5.74) is -1.16. The van der Waals surface area contributed by atoms with Gasteiger partial charge in [-0.05, 0) is 48.5 Å². The highest BCUT2D eigenvalue weighted by molar-refractivity contribution is 5.76. The van der Waals surface area contributed by atoms with Crippen LogP contribution in [0, 0.1) is 23.7 Å². The molecule has 0 radical (unpaired) electrons. The molecule has 0 fully saturated rings. The molecule has 9 heteroatoms. The Labute approximate surface area is 177 Å². The van der Waals surface area contributed by atoms with E-state index in [1.807, 2.05) is 0 Å². The second-order valence-corrected chi connectivity index (χ2v) is 9.07. The molecule has 1 aromatic heterocycles. The first-order valence-corrected chi connectivity index (χ1v) is 9.63. The predicted molar refractivity (Wildman–Crippen MR) is 107 cm³/mol. The average molecular weight is 430 g/mol. The molecule has 1 unspecified atom stereocenters. The summed E-state index contributed by atoms with van der Waals surface area (Å²) < 4.78 is 24.1. The highest BCUT2D eigenvalue weighted by Crippen LogP contribution is 2.18. The summed E-state index contributed by atoms with van der Waals surface area (Å²) in [5, 5.41) is 0. The molecule has 0 aliphatic rings. The molecule has 0 saturated carbocycles. The lowest BCUT2D eigenvalue weighted by atomic mass is 9.97. The fraction of sp³-hybridized carbons (Fsp3) is 0.714. The maximum absolute atomic E-state index is 11.4. The van der Waals surface area contributed by atoms with Crippen LogP contribution in [0.1, 0.15) is 73.8 Å². The normalized spacial score (nSPS) is 12.5. The summed E-state index contributed by atoms with van der Waals surface area (Å²) in [4.78, 5) is 44.6. The van der Waals surface area contributed by atoms with Crippen molar-refractivity contribution in [2.75, 3.05) is 0 Å². The zero-order chi connectivity index (χ0) is 23.9. The van der Waals surface area contributed by atoms with Crippen molar-refractivity contribution in [3.05, 3.63) is 22.1 Å². The van der Waals surface area contributed by atoms with E-state index in [4.69, 9.17) is 14.2 Å². The second-order valence-electron chi connectivity index (χ2n) is 9.07. The largest absolute Gasteiger partial charge is 0.519 e. The van der Waals surface area contributed by atoms with E-state index in [1.54, 1.807) is 62.3 Å². The fourth-order valence-corrected chi connectivity index (χ4v) is 1.51. The van der Waals surface area contributed by atoms with Crippen LogP contribution in [0.25, 0.3) is 0 Å². The Kier molecular flexibility index (Phi) is 10.0. The van der Waals surface area contributed by atoms with E-state index in [-0.39, 0.29) is 36.2 Å². The van der Waals surface area contributed by atoms with Crippen LogP contribution in [-0.4, -0.2) is 24.2 Å². The minimum atomic E-state index is -0.827. The first-order valence-electron chi connectivity index (χ1n) is 9.63. The molecule has 0 spiro atoms. The smallest absolute Gasteiger partial charge is 0.457 e. The number of aryl methyl sites for hydroxylation is 1. The van der Waals surface area contributed by atoms with Gasteiger partial charge in [-0.3, -0.25) is 14.4 Å². The molecule has 0 amide bonds. The monoisotopic (exact) mass is 430 g/mol. The summed E-state index contributed by atoms with van der Waals surface area (Å²) in [7, 11) is 0. The SMILES string of the molecule is CC(OC(=O)C(C)C)OC(=O)C(C)(C)C.Cc1oc(=O)oc1COC(=O)C(C)(C)C. The maximum atomic E-state index is 11.4. The Morgan fingerprint density at radius 3 is 1.73 bits per heavy atom. The molecule has 172 valence electrons. The molecule has 0 bridgehead atoms. The molecule has 0 aliphatic heterocycles. The van der Waals surface area contributed by atoms with E-state index in [0.29, 0.717) is 5.76 Å². The van der Waals surface area contributed by atoms with E-state index < -0.39 is 22.9 Å². The molecule has 0 saturated heterocycles. The molecule has 1 heterocycles. The molecular formula is C21H34O9. The summed E-state index contributed by atoms with van der Waals surface area (Å²) in [5.74, 6) is -1.53. The van der Waals surface area contributed by atoms with Gasteiger partial charge in [0.2, 0.25) is 6.29 Å². The summed E-state index contributed by atoms with van der Waals surface area (Å²) >= 11 is 0. The Bertz CT molecular complexity index is 770. The van der Waals surface area contributed by atoms with Crippen LogP contribution in [0.3, 0.4) is 0 Å². The Balaban J connectivity index is 0.000000561. The lowest BCUT2D eigenvalue weighted by Crippen LogP contribution is -2.30. The minimum absolute atomic E-state index is 0.0757. The molecular weight excluding hydrogens is 396 g/mol. The van der Waals surface area contributed by atoms with Gasteiger partial charge in [0.25, 0.3) is 0 Å². The van der Waals surface area contributed by atoms with Crippen LogP contribution in [-0.2, 0) is 35.2 Å². The van der Waals surface area contributed by atoms with E-state index in [9.17, 15) is 19.2 Å². The zero-order valence-electron chi connectivity index (χ0n) is 19.5. The molecule has 9 nitrogen and oxygen atoms in total. The van der Waals surface area contributed by atoms with Gasteiger partial charge in [-0.25, -0.2) is 4.79 Å². The maximum Gasteiger partial charge on any atom is 0.519 e. The molecule has 0 N–H and O–H groups in total. The van der Waals surface area contributed by atoms with Crippen molar-refractivity contribution in [3.8, 4) is 0 Å². The number of hydrogen-bond acceptors (Lipinski definition) is 9. The van der Waals surface area contributed by atoms with Gasteiger partial charge >= 0.3 is 23.7 Å². The van der Waals surface area contributed by atoms with Gasteiger partial charge in [-0.1, -0.05) is 13.8 Å². The number of rotatable bonds is 5. The summed E-state index contributed by atoms with van der Waals surface area (Å²) in [6.07, 6.45) is -0.827. The molecule has 30 heavy (non-hydrogen) atoms. The van der Waals surface area contributed by atoms with Crippen LogP contribution in [0.2, 0.25) is 0 Å². The standard InChI is InChI=1S/C11H20O4.C10H14O5/c1-7(2)9(12)14-8(3)15-10(13)11(4,5)6;1-6-7(15-9(12)14-6)5-13-8(11)10(2,3)4/h7-8H,1-6H3;5H2,1-4H3. The van der Waals surface area contributed by atoms with Crippen molar-refractivity contribution in [1.82, 2.24) is 0 Å². The lowest BCUT2D eigenvalue weighted by molar-refractivity contribution is -0.192. The van der Waals surface area contributed by atoms with Crippen LogP contribution < -0.4 is 5.82 Å². The minimum Gasteiger partial charge on any atom is -0.457 e. The Morgan fingerprint density at radius 2 is 1.37 bits per heavy atom. The lowest BCUT2D eigenvalue weighted by Gasteiger charge is -2.21. The average Bonchev–Trinajstić information content (AvgIpc) is 2.88. The van der Waals surface area contributed by atoms with Gasteiger partial charge in [0.05, 0.1) is 16.7 Å².